The van der Waals surface area contributed by atoms with E-state index in [1.807, 2.05) is 0 Å². The van der Waals surface area contributed by atoms with E-state index in [1.54, 1.807) is 0 Å². The third kappa shape index (κ3) is 25.1. The van der Waals surface area contributed by atoms with Gasteiger partial charge in [-0.15, -0.1) is 0 Å². The standard InChI is InChI=1S/Ca.IO3/c;2-1(3)4/q+2;-1. The second-order valence-electron chi connectivity index (χ2n) is 0.189. The Labute approximate surface area is 68.0 Å². The van der Waals surface area contributed by atoms with Crippen LogP contribution in [0.1, 0.15) is 0 Å². The van der Waals surface area contributed by atoms with Gasteiger partial charge in [0.25, 0.3) is 21.1 Å². The zero-order chi connectivity index (χ0) is 3.58. The normalized spacial score (nSPS) is 7.20. The minimum Gasteiger partial charge on any atom is -0.427 e. The summed E-state index contributed by atoms with van der Waals surface area (Å²) in [6.45, 7) is 0. The summed E-state index contributed by atoms with van der Waals surface area (Å²) in [7, 11) is 0. The molecule has 0 aromatic rings. The molecule has 0 saturated heterocycles. The molecule has 0 rings (SSSR count). The van der Waals surface area contributed by atoms with Gasteiger partial charge in [-0.05, 0) is 0 Å². The van der Waals surface area contributed by atoms with E-state index in [2.05, 4.69) is 0 Å². The molecule has 0 aliphatic rings. The summed E-state index contributed by atoms with van der Waals surface area (Å²) in [5.41, 5.74) is 0. The molecule has 0 aliphatic heterocycles. The van der Waals surface area contributed by atoms with Gasteiger partial charge in [0, 0.05) is 0 Å². The summed E-state index contributed by atoms with van der Waals surface area (Å²) in [5, 5.41) is 0. The molecule has 0 aliphatic carbocycles. The van der Waals surface area contributed by atoms with Crippen molar-refractivity contribution in [3.05, 3.63) is 0 Å². The van der Waals surface area contributed by atoms with E-state index >= 15 is 0 Å². The van der Waals surface area contributed by atoms with Gasteiger partial charge in [0.05, 0.1) is 0 Å². The largest absolute Gasteiger partial charge is 2.00 e. The van der Waals surface area contributed by atoms with Gasteiger partial charge in [0.1, 0.15) is 0 Å². The minimum atomic E-state index is -4.01. The van der Waals surface area contributed by atoms with Crippen LogP contribution in [0.3, 0.4) is 0 Å². The van der Waals surface area contributed by atoms with Crippen LogP contribution < -0.4 is 31.4 Å². The molecule has 5 heavy (non-hydrogen) atoms. The van der Waals surface area contributed by atoms with E-state index < -0.39 is 21.1 Å². The molecule has 0 atom stereocenters. The third-order valence-electron chi connectivity index (χ3n) is 0. The molecular weight excluding hydrogens is 215 g/mol. The zero-order valence-electron chi connectivity index (χ0n) is 2.31. The second kappa shape index (κ2) is 5.87. The molecule has 0 N–H and O–H groups in total. The van der Waals surface area contributed by atoms with Crippen LogP contribution in [0.25, 0.3) is 0 Å². The first kappa shape index (κ1) is 9.98. The average molecular weight is 215 g/mol. The Morgan fingerprint density at radius 1 is 1.00 bits per heavy atom. The Morgan fingerprint density at radius 3 is 1.00 bits per heavy atom. The molecule has 0 bridgehead atoms. The molecule has 3 nitrogen and oxygen atoms in total. The van der Waals surface area contributed by atoms with Crippen molar-refractivity contribution in [3.8, 4) is 0 Å². The van der Waals surface area contributed by atoms with E-state index in [9.17, 15) is 0 Å². The molecule has 0 amide bonds. The van der Waals surface area contributed by atoms with Gasteiger partial charge in [-0.1, -0.05) is 0 Å². The van der Waals surface area contributed by atoms with E-state index in [0.29, 0.717) is 0 Å². The summed E-state index contributed by atoms with van der Waals surface area (Å²) >= 11 is -4.01. The van der Waals surface area contributed by atoms with Crippen LogP contribution in [0.15, 0.2) is 0 Å². The molecule has 0 spiro atoms. The van der Waals surface area contributed by atoms with Crippen molar-refractivity contribution >= 4 is 37.7 Å². The Balaban J connectivity index is 0. The summed E-state index contributed by atoms with van der Waals surface area (Å²) in [6, 6.07) is 0. The van der Waals surface area contributed by atoms with Crippen LogP contribution in [0.5, 0.6) is 0 Å². The molecule has 0 fully saturated rings. The van der Waals surface area contributed by atoms with Crippen molar-refractivity contribution in [1.29, 1.82) is 0 Å². The summed E-state index contributed by atoms with van der Waals surface area (Å²) in [4.78, 5) is 0. The van der Waals surface area contributed by atoms with Crippen LogP contribution >= 0.6 is 0 Å². The number of hydrogen-bond donors (Lipinski definition) is 0. The summed E-state index contributed by atoms with van der Waals surface area (Å²) < 4.78 is 25.7. The third-order valence-corrected chi connectivity index (χ3v) is 0. The van der Waals surface area contributed by atoms with Crippen LogP contribution in [0.4, 0.5) is 0 Å². The predicted octanol–water partition coefficient (Wildman–Crippen LogP) is -6.94. The number of rotatable bonds is 0. The van der Waals surface area contributed by atoms with Gasteiger partial charge >= 0.3 is 37.7 Å². The SMILES string of the molecule is [Ca+2].[O-][I+2]([O-])[O-]. The molecule has 0 aromatic heterocycles. The quantitative estimate of drug-likeness (QED) is 0.298. The first-order valence-electron chi connectivity index (χ1n) is 0.463. The molecular formula is CaIO3+. The topological polar surface area (TPSA) is 69.2 Å². The molecule has 5 heteroatoms. The number of halogens is 1. The van der Waals surface area contributed by atoms with Crippen molar-refractivity contribution < 1.29 is 31.4 Å². The Kier molecular flexibility index (Phi) is 11.7. The second-order valence-corrected chi connectivity index (χ2v) is 1.27. The Morgan fingerprint density at radius 2 is 1.00 bits per heavy atom. The smallest absolute Gasteiger partial charge is 0.427 e. The van der Waals surface area contributed by atoms with Gasteiger partial charge in [0.15, 0.2) is 0 Å². The van der Waals surface area contributed by atoms with Crippen molar-refractivity contribution in [2.45, 2.75) is 0 Å². The van der Waals surface area contributed by atoms with E-state index in [1.165, 1.54) is 0 Å². The Bertz CT molecular complexity index is 11.6. The Hall–Kier alpha value is 1.87. The molecule has 26 valence electrons. The maximum absolute atomic E-state index is 8.57. The van der Waals surface area contributed by atoms with Gasteiger partial charge in [0.2, 0.25) is 0 Å². The summed E-state index contributed by atoms with van der Waals surface area (Å²) in [6.07, 6.45) is 0. The number of hydrogen-bond acceptors (Lipinski definition) is 3. The first-order chi connectivity index (χ1) is 1.73. The fourth-order valence-electron chi connectivity index (χ4n) is 0. The molecule has 0 heterocycles. The van der Waals surface area contributed by atoms with Crippen LogP contribution in [-0.4, -0.2) is 37.7 Å². The fourth-order valence-corrected chi connectivity index (χ4v) is 0. The zero-order valence-corrected chi connectivity index (χ0v) is 6.68. The van der Waals surface area contributed by atoms with E-state index in [0.717, 1.165) is 0 Å². The van der Waals surface area contributed by atoms with Crippen LogP contribution in [-0.2, 0) is 0 Å². The maximum atomic E-state index is 8.57. The fraction of sp³-hybridized carbons (Fsp3) is 0. The van der Waals surface area contributed by atoms with Crippen molar-refractivity contribution in [2.24, 2.45) is 0 Å². The minimum absolute atomic E-state index is 0. The molecule has 0 saturated carbocycles. The van der Waals surface area contributed by atoms with Gasteiger partial charge < -0.3 is 10.3 Å². The maximum Gasteiger partial charge on any atom is 2.00 e. The van der Waals surface area contributed by atoms with E-state index in [4.69, 9.17) is 10.3 Å². The summed E-state index contributed by atoms with van der Waals surface area (Å²) in [5.74, 6) is 0. The predicted molar refractivity (Wildman–Crippen MR) is 5.75 cm³/mol. The van der Waals surface area contributed by atoms with E-state index in [-0.39, 0.29) is 37.7 Å². The van der Waals surface area contributed by atoms with Gasteiger partial charge in [-0.2, -0.15) is 0 Å². The van der Waals surface area contributed by atoms with Gasteiger partial charge in [-0.25, -0.2) is 0 Å². The van der Waals surface area contributed by atoms with Crippen molar-refractivity contribution in [3.63, 3.8) is 0 Å². The van der Waals surface area contributed by atoms with Crippen molar-refractivity contribution in [2.75, 3.05) is 0 Å². The first-order valence-corrected chi connectivity index (χ1v) is 3.11. The van der Waals surface area contributed by atoms with Gasteiger partial charge in [-0.3, -0.25) is 0 Å². The van der Waals surface area contributed by atoms with Crippen LogP contribution in [0.2, 0.25) is 0 Å². The van der Waals surface area contributed by atoms with Crippen LogP contribution in [0, 0.1) is 0 Å². The molecule has 0 radical (unpaired) electrons. The average Bonchev–Trinajstić information content (AvgIpc) is 0.811. The molecule has 0 unspecified atom stereocenters. The molecule has 0 aromatic carbocycles. The monoisotopic (exact) mass is 215 g/mol. The van der Waals surface area contributed by atoms with Crippen molar-refractivity contribution in [1.82, 2.24) is 0 Å².